The average molecular weight is 279 g/mol. The standard InChI is InChI=1S/C17H29NO2/c1-5-6-15(13-18-9-10-19-3)12-16-11-14(2)7-8-17(16)20-4/h7-8,11,15,18H,5-6,9-10,12-13H2,1-4H3. The predicted octanol–water partition coefficient (Wildman–Crippen LogP) is 3.20. The fourth-order valence-corrected chi connectivity index (χ4v) is 2.54. The smallest absolute Gasteiger partial charge is 0.122 e. The van der Waals surface area contributed by atoms with Crippen LogP contribution in [0.4, 0.5) is 0 Å². The zero-order chi connectivity index (χ0) is 14.8. The largest absolute Gasteiger partial charge is 0.496 e. The fraction of sp³-hybridized carbons (Fsp3) is 0.647. The highest BCUT2D eigenvalue weighted by Gasteiger charge is 2.12. The van der Waals surface area contributed by atoms with Gasteiger partial charge in [-0.15, -0.1) is 0 Å². The zero-order valence-corrected chi connectivity index (χ0v) is 13.4. The number of hydrogen-bond acceptors (Lipinski definition) is 3. The minimum atomic E-state index is 0.646. The Morgan fingerprint density at radius 3 is 2.70 bits per heavy atom. The summed E-state index contributed by atoms with van der Waals surface area (Å²) >= 11 is 0. The summed E-state index contributed by atoms with van der Waals surface area (Å²) in [6.45, 7) is 7.10. The maximum Gasteiger partial charge on any atom is 0.122 e. The number of ether oxygens (including phenoxy) is 2. The Morgan fingerprint density at radius 1 is 1.25 bits per heavy atom. The van der Waals surface area contributed by atoms with Crippen molar-refractivity contribution in [2.24, 2.45) is 5.92 Å². The topological polar surface area (TPSA) is 30.5 Å². The van der Waals surface area contributed by atoms with Crippen molar-refractivity contribution in [3.05, 3.63) is 29.3 Å². The highest BCUT2D eigenvalue weighted by Crippen LogP contribution is 2.24. The zero-order valence-electron chi connectivity index (χ0n) is 13.4. The van der Waals surface area contributed by atoms with E-state index >= 15 is 0 Å². The van der Waals surface area contributed by atoms with Gasteiger partial charge in [0.25, 0.3) is 0 Å². The Hall–Kier alpha value is -1.06. The van der Waals surface area contributed by atoms with Gasteiger partial charge < -0.3 is 14.8 Å². The van der Waals surface area contributed by atoms with Gasteiger partial charge in [-0.05, 0) is 43.9 Å². The van der Waals surface area contributed by atoms with Gasteiger partial charge in [0.15, 0.2) is 0 Å². The molecular formula is C17H29NO2. The first kappa shape index (κ1) is 17.0. The molecule has 114 valence electrons. The molecule has 0 saturated heterocycles. The van der Waals surface area contributed by atoms with E-state index in [1.54, 1.807) is 14.2 Å². The molecular weight excluding hydrogens is 250 g/mol. The Balaban J connectivity index is 2.61. The molecule has 0 amide bonds. The minimum absolute atomic E-state index is 0.646. The third-order valence-electron chi connectivity index (χ3n) is 3.56. The molecule has 3 nitrogen and oxygen atoms in total. The van der Waals surface area contributed by atoms with Crippen LogP contribution >= 0.6 is 0 Å². The quantitative estimate of drug-likeness (QED) is 0.667. The number of benzene rings is 1. The van der Waals surface area contributed by atoms with Crippen LogP contribution in [0.2, 0.25) is 0 Å². The van der Waals surface area contributed by atoms with Crippen molar-refractivity contribution >= 4 is 0 Å². The second-order valence-corrected chi connectivity index (χ2v) is 5.37. The van der Waals surface area contributed by atoms with Crippen LogP contribution in [0.1, 0.15) is 30.9 Å². The lowest BCUT2D eigenvalue weighted by Crippen LogP contribution is -2.27. The summed E-state index contributed by atoms with van der Waals surface area (Å²) in [5.74, 6) is 1.65. The summed E-state index contributed by atoms with van der Waals surface area (Å²) in [4.78, 5) is 0. The molecule has 0 bridgehead atoms. The molecule has 3 heteroatoms. The number of nitrogens with one attached hydrogen (secondary N) is 1. The first-order chi connectivity index (χ1) is 9.71. The van der Waals surface area contributed by atoms with E-state index in [1.165, 1.54) is 24.0 Å². The van der Waals surface area contributed by atoms with Crippen molar-refractivity contribution < 1.29 is 9.47 Å². The SMILES string of the molecule is CCCC(CNCCOC)Cc1cc(C)ccc1OC. The van der Waals surface area contributed by atoms with E-state index in [-0.39, 0.29) is 0 Å². The van der Waals surface area contributed by atoms with Crippen molar-refractivity contribution in [1.29, 1.82) is 0 Å². The molecule has 0 spiro atoms. The number of rotatable bonds is 10. The fourth-order valence-electron chi connectivity index (χ4n) is 2.54. The molecule has 0 aliphatic rings. The lowest BCUT2D eigenvalue weighted by Gasteiger charge is -2.19. The normalized spacial score (nSPS) is 12.4. The van der Waals surface area contributed by atoms with Gasteiger partial charge in [0.05, 0.1) is 13.7 Å². The van der Waals surface area contributed by atoms with E-state index in [1.807, 2.05) is 0 Å². The lowest BCUT2D eigenvalue weighted by molar-refractivity contribution is 0.197. The second-order valence-electron chi connectivity index (χ2n) is 5.37. The van der Waals surface area contributed by atoms with Crippen LogP contribution in [0.3, 0.4) is 0 Å². The van der Waals surface area contributed by atoms with Crippen molar-refractivity contribution in [2.45, 2.75) is 33.1 Å². The highest BCUT2D eigenvalue weighted by molar-refractivity contribution is 5.37. The molecule has 0 aliphatic carbocycles. The Kier molecular flexibility index (Phi) is 8.31. The second kappa shape index (κ2) is 9.78. The van der Waals surface area contributed by atoms with Gasteiger partial charge in [0, 0.05) is 13.7 Å². The molecule has 0 saturated carbocycles. The van der Waals surface area contributed by atoms with Gasteiger partial charge in [-0.1, -0.05) is 31.0 Å². The van der Waals surface area contributed by atoms with Crippen molar-refractivity contribution in [2.75, 3.05) is 33.9 Å². The van der Waals surface area contributed by atoms with Crippen molar-refractivity contribution in [3.63, 3.8) is 0 Å². The molecule has 0 heterocycles. The van der Waals surface area contributed by atoms with Gasteiger partial charge >= 0.3 is 0 Å². The Labute approximate surface area is 123 Å². The van der Waals surface area contributed by atoms with Gasteiger partial charge in [-0.2, -0.15) is 0 Å². The molecule has 1 aromatic carbocycles. The van der Waals surface area contributed by atoms with E-state index in [2.05, 4.69) is 37.4 Å². The first-order valence-electron chi connectivity index (χ1n) is 7.54. The minimum Gasteiger partial charge on any atom is -0.496 e. The third kappa shape index (κ3) is 5.93. The van der Waals surface area contributed by atoms with Crippen LogP contribution in [-0.4, -0.2) is 33.9 Å². The van der Waals surface area contributed by atoms with Crippen molar-refractivity contribution in [1.82, 2.24) is 5.32 Å². The van der Waals surface area contributed by atoms with E-state index in [0.717, 1.165) is 31.9 Å². The number of methoxy groups -OCH3 is 2. The molecule has 20 heavy (non-hydrogen) atoms. The molecule has 0 aromatic heterocycles. The predicted molar refractivity (Wildman–Crippen MR) is 84.6 cm³/mol. The Morgan fingerprint density at radius 2 is 2.05 bits per heavy atom. The van der Waals surface area contributed by atoms with Crippen LogP contribution in [-0.2, 0) is 11.2 Å². The molecule has 1 rings (SSSR count). The molecule has 1 unspecified atom stereocenters. The van der Waals surface area contributed by atoms with Gasteiger partial charge in [0.2, 0.25) is 0 Å². The maximum atomic E-state index is 5.48. The molecule has 1 aromatic rings. The third-order valence-corrected chi connectivity index (χ3v) is 3.56. The molecule has 1 atom stereocenters. The molecule has 0 fully saturated rings. The monoisotopic (exact) mass is 279 g/mol. The summed E-state index contributed by atoms with van der Waals surface area (Å²) < 4.78 is 10.6. The molecule has 0 aliphatic heterocycles. The Bertz CT molecular complexity index is 379. The summed E-state index contributed by atoms with van der Waals surface area (Å²) in [5, 5.41) is 3.48. The lowest BCUT2D eigenvalue weighted by atomic mass is 9.93. The summed E-state index contributed by atoms with van der Waals surface area (Å²) in [5.41, 5.74) is 2.61. The maximum absolute atomic E-state index is 5.48. The van der Waals surface area contributed by atoms with Gasteiger partial charge in [0.1, 0.15) is 5.75 Å². The number of hydrogen-bond donors (Lipinski definition) is 1. The summed E-state index contributed by atoms with van der Waals surface area (Å²) in [6, 6.07) is 6.43. The molecule has 1 N–H and O–H groups in total. The van der Waals surface area contributed by atoms with Crippen molar-refractivity contribution in [3.8, 4) is 5.75 Å². The van der Waals surface area contributed by atoms with Crippen LogP contribution in [0.15, 0.2) is 18.2 Å². The van der Waals surface area contributed by atoms with Crippen LogP contribution in [0.5, 0.6) is 5.75 Å². The van der Waals surface area contributed by atoms with E-state index in [9.17, 15) is 0 Å². The average Bonchev–Trinajstić information content (AvgIpc) is 2.44. The van der Waals surface area contributed by atoms with Gasteiger partial charge in [-0.3, -0.25) is 0 Å². The van der Waals surface area contributed by atoms with Crippen LogP contribution < -0.4 is 10.1 Å². The summed E-state index contributed by atoms with van der Waals surface area (Å²) in [6.07, 6.45) is 3.51. The van der Waals surface area contributed by atoms with Crippen LogP contribution in [0, 0.1) is 12.8 Å². The summed E-state index contributed by atoms with van der Waals surface area (Å²) in [7, 11) is 3.49. The van der Waals surface area contributed by atoms with Gasteiger partial charge in [-0.25, -0.2) is 0 Å². The highest BCUT2D eigenvalue weighted by atomic mass is 16.5. The van der Waals surface area contributed by atoms with E-state index in [4.69, 9.17) is 9.47 Å². The number of aryl methyl sites for hydroxylation is 1. The van der Waals surface area contributed by atoms with E-state index in [0.29, 0.717) is 5.92 Å². The van der Waals surface area contributed by atoms with E-state index < -0.39 is 0 Å². The van der Waals surface area contributed by atoms with Crippen LogP contribution in [0.25, 0.3) is 0 Å². The molecule has 0 radical (unpaired) electrons. The first-order valence-corrected chi connectivity index (χ1v) is 7.54.